The zero-order valence-corrected chi connectivity index (χ0v) is 20.0. The van der Waals surface area contributed by atoms with Gasteiger partial charge in [0.1, 0.15) is 17.6 Å². The van der Waals surface area contributed by atoms with E-state index >= 15 is 0 Å². The molecule has 0 aliphatic heterocycles. The monoisotopic (exact) mass is 481 g/mol. The van der Waals surface area contributed by atoms with Gasteiger partial charge in [0.05, 0.1) is 11.0 Å². The molecule has 7 heteroatoms. The van der Waals surface area contributed by atoms with Crippen molar-refractivity contribution in [1.82, 2.24) is 9.55 Å². The highest BCUT2D eigenvalue weighted by Gasteiger charge is 2.34. The molecule has 1 unspecified atom stereocenters. The van der Waals surface area contributed by atoms with Crippen molar-refractivity contribution in [2.45, 2.75) is 82.8 Å². The molecule has 1 aromatic heterocycles. The van der Waals surface area contributed by atoms with Crippen molar-refractivity contribution in [3.05, 3.63) is 48.0 Å². The first-order valence-corrected chi connectivity index (χ1v) is 12.9. The molecule has 2 aromatic carbocycles. The number of para-hydroxylation sites is 2. The third kappa shape index (κ3) is 4.91. The molecule has 1 atom stereocenters. The molecule has 0 bridgehead atoms. The fourth-order valence-corrected chi connectivity index (χ4v) is 6.21. The van der Waals surface area contributed by atoms with Crippen molar-refractivity contribution in [2.75, 3.05) is 0 Å². The van der Waals surface area contributed by atoms with Gasteiger partial charge in [-0.1, -0.05) is 50.7 Å². The Morgan fingerprint density at radius 3 is 2.34 bits per heavy atom. The molecule has 1 heterocycles. The molecule has 2 aliphatic carbocycles. The Morgan fingerprint density at radius 1 is 0.971 bits per heavy atom. The van der Waals surface area contributed by atoms with Gasteiger partial charge in [0, 0.05) is 5.56 Å². The second kappa shape index (κ2) is 10.3. The van der Waals surface area contributed by atoms with Gasteiger partial charge in [-0.25, -0.2) is 4.98 Å². The minimum absolute atomic E-state index is 0.150. The van der Waals surface area contributed by atoms with E-state index in [1.165, 1.54) is 12.8 Å². The summed E-state index contributed by atoms with van der Waals surface area (Å²) in [5.41, 5.74) is 9.57. The van der Waals surface area contributed by atoms with E-state index in [0.717, 1.165) is 73.5 Å². The maximum atomic E-state index is 13.0. The van der Waals surface area contributed by atoms with E-state index in [2.05, 4.69) is 0 Å². The summed E-state index contributed by atoms with van der Waals surface area (Å²) in [4.78, 5) is 18.0. The van der Waals surface area contributed by atoms with E-state index in [4.69, 9.17) is 15.5 Å². The van der Waals surface area contributed by atoms with Gasteiger partial charge in [0.2, 0.25) is 5.91 Å². The second-order valence-electron chi connectivity index (χ2n) is 10.0. The number of halogens is 2. The van der Waals surface area contributed by atoms with Crippen LogP contribution in [0.3, 0.4) is 0 Å². The Bertz CT molecular complexity index is 1180. The third-order valence-electron chi connectivity index (χ3n) is 7.80. The van der Waals surface area contributed by atoms with Crippen LogP contribution in [0.4, 0.5) is 8.78 Å². The molecule has 0 saturated heterocycles. The van der Waals surface area contributed by atoms with Gasteiger partial charge < -0.3 is 15.0 Å². The van der Waals surface area contributed by atoms with Gasteiger partial charge in [-0.05, 0) is 73.4 Å². The van der Waals surface area contributed by atoms with Gasteiger partial charge in [-0.3, -0.25) is 4.79 Å². The SMILES string of the molecule is NC(=O)C(C1CCCCC1)n1c(-c2ccc(OC(F)F)cc2C2CCCCC2)nc2ccccc21. The molecule has 3 aromatic rings. The number of hydrogen-bond donors (Lipinski definition) is 1. The first-order valence-electron chi connectivity index (χ1n) is 12.9. The van der Waals surface area contributed by atoms with Crippen molar-refractivity contribution in [3.8, 4) is 17.1 Å². The third-order valence-corrected chi connectivity index (χ3v) is 7.80. The van der Waals surface area contributed by atoms with E-state index in [0.29, 0.717) is 5.82 Å². The van der Waals surface area contributed by atoms with Crippen LogP contribution < -0.4 is 10.5 Å². The van der Waals surface area contributed by atoms with Crippen molar-refractivity contribution in [2.24, 2.45) is 11.7 Å². The number of carbonyl (C=O) groups is 1. The number of amides is 1. The Hall–Kier alpha value is -2.96. The molecule has 0 spiro atoms. The lowest BCUT2D eigenvalue weighted by molar-refractivity contribution is -0.122. The number of alkyl halides is 2. The van der Waals surface area contributed by atoms with Crippen molar-refractivity contribution >= 4 is 16.9 Å². The number of ether oxygens (including phenoxy) is 1. The van der Waals surface area contributed by atoms with Crippen LogP contribution in [0.5, 0.6) is 5.75 Å². The topological polar surface area (TPSA) is 70.1 Å². The summed E-state index contributed by atoms with van der Waals surface area (Å²) in [6.45, 7) is -2.88. The number of aromatic nitrogens is 2. The fourth-order valence-electron chi connectivity index (χ4n) is 6.21. The van der Waals surface area contributed by atoms with Crippen LogP contribution in [-0.4, -0.2) is 22.1 Å². The Morgan fingerprint density at radius 2 is 1.66 bits per heavy atom. The number of imidazole rings is 1. The summed E-state index contributed by atoms with van der Waals surface area (Å²) < 4.78 is 32.9. The van der Waals surface area contributed by atoms with Crippen LogP contribution in [0, 0.1) is 5.92 Å². The molecule has 2 N–H and O–H groups in total. The lowest BCUT2D eigenvalue weighted by Crippen LogP contribution is -2.34. The van der Waals surface area contributed by atoms with E-state index in [1.807, 2.05) is 34.9 Å². The number of fused-ring (bicyclic) bond motifs is 1. The molecular formula is C28H33F2N3O2. The van der Waals surface area contributed by atoms with E-state index in [9.17, 15) is 13.6 Å². The highest BCUT2D eigenvalue weighted by atomic mass is 19.3. The lowest BCUT2D eigenvalue weighted by Gasteiger charge is -2.31. The minimum atomic E-state index is -2.88. The normalized spacial score (nSPS) is 18.7. The van der Waals surface area contributed by atoms with Gasteiger partial charge in [0.25, 0.3) is 0 Å². The van der Waals surface area contributed by atoms with Gasteiger partial charge in [-0.15, -0.1) is 0 Å². The molecule has 5 rings (SSSR count). The average Bonchev–Trinajstić information content (AvgIpc) is 3.24. The average molecular weight is 482 g/mol. The van der Waals surface area contributed by atoms with Crippen LogP contribution in [0.2, 0.25) is 0 Å². The van der Waals surface area contributed by atoms with Crippen LogP contribution in [-0.2, 0) is 4.79 Å². The first kappa shape index (κ1) is 23.8. The summed E-state index contributed by atoms with van der Waals surface area (Å²) in [5, 5.41) is 0. The number of rotatable bonds is 7. The standard InChI is InChI=1S/C28H33F2N3O2/c29-28(30)35-20-15-16-21(22(17-20)18-9-3-1-4-10-18)27-32-23-13-7-8-14-24(23)33(27)25(26(31)34)19-11-5-2-6-12-19/h7-8,13-19,25,28H,1-6,9-12H2,(H2,31,34). The molecular weight excluding hydrogens is 448 g/mol. The van der Waals surface area contributed by atoms with Crippen molar-refractivity contribution in [3.63, 3.8) is 0 Å². The predicted octanol–water partition coefficient (Wildman–Crippen LogP) is 6.96. The first-order chi connectivity index (χ1) is 17.0. The van der Waals surface area contributed by atoms with Crippen LogP contribution >= 0.6 is 0 Å². The Balaban J connectivity index is 1.70. The molecule has 35 heavy (non-hydrogen) atoms. The second-order valence-corrected chi connectivity index (χ2v) is 10.0. The maximum Gasteiger partial charge on any atom is 0.387 e. The van der Waals surface area contributed by atoms with E-state index < -0.39 is 12.7 Å². The summed E-state index contributed by atoms with van der Waals surface area (Å²) in [6, 6.07) is 12.5. The number of nitrogens with two attached hydrogens (primary N) is 1. The van der Waals surface area contributed by atoms with Crippen molar-refractivity contribution < 1.29 is 18.3 Å². The highest BCUT2D eigenvalue weighted by molar-refractivity contribution is 5.87. The van der Waals surface area contributed by atoms with Crippen molar-refractivity contribution in [1.29, 1.82) is 0 Å². The molecule has 2 fully saturated rings. The quantitative estimate of drug-likeness (QED) is 0.397. The maximum absolute atomic E-state index is 13.0. The number of nitrogens with zero attached hydrogens (tertiary/aromatic N) is 2. The molecule has 2 saturated carbocycles. The molecule has 0 radical (unpaired) electrons. The molecule has 186 valence electrons. The zero-order valence-electron chi connectivity index (χ0n) is 20.0. The largest absolute Gasteiger partial charge is 0.435 e. The van der Waals surface area contributed by atoms with E-state index in [-0.39, 0.29) is 23.5 Å². The smallest absolute Gasteiger partial charge is 0.387 e. The predicted molar refractivity (Wildman–Crippen MR) is 132 cm³/mol. The Labute approximate surface area is 204 Å². The Kier molecular flexibility index (Phi) is 7.02. The highest BCUT2D eigenvalue weighted by Crippen LogP contribution is 2.43. The van der Waals surface area contributed by atoms with Crippen LogP contribution in [0.1, 0.15) is 81.7 Å². The van der Waals surface area contributed by atoms with E-state index in [1.54, 1.807) is 12.1 Å². The summed E-state index contributed by atoms with van der Waals surface area (Å²) in [7, 11) is 0. The summed E-state index contributed by atoms with van der Waals surface area (Å²) in [5.74, 6) is 0.876. The summed E-state index contributed by atoms with van der Waals surface area (Å²) in [6.07, 6.45) is 10.6. The minimum Gasteiger partial charge on any atom is -0.435 e. The fraction of sp³-hybridized carbons (Fsp3) is 0.500. The van der Waals surface area contributed by atoms with Gasteiger partial charge >= 0.3 is 6.61 Å². The van der Waals surface area contributed by atoms with Gasteiger partial charge in [-0.2, -0.15) is 8.78 Å². The summed E-state index contributed by atoms with van der Waals surface area (Å²) >= 11 is 0. The number of benzene rings is 2. The molecule has 2 aliphatic rings. The molecule has 1 amide bonds. The van der Waals surface area contributed by atoms with Crippen LogP contribution in [0.15, 0.2) is 42.5 Å². The number of carbonyl (C=O) groups excluding carboxylic acids is 1. The number of primary amides is 1. The van der Waals surface area contributed by atoms with Crippen LogP contribution in [0.25, 0.3) is 22.4 Å². The van der Waals surface area contributed by atoms with Gasteiger partial charge in [0.15, 0.2) is 0 Å². The lowest BCUT2D eigenvalue weighted by atomic mass is 9.81. The zero-order chi connectivity index (χ0) is 24.4. The molecule has 5 nitrogen and oxygen atoms in total. The number of hydrogen-bond acceptors (Lipinski definition) is 3.